The van der Waals surface area contributed by atoms with E-state index >= 15 is 0 Å². The Morgan fingerprint density at radius 3 is 1.78 bits per heavy atom. The molecule has 0 radical (unpaired) electrons. The van der Waals surface area contributed by atoms with Gasteiger partial charge in [0.05, 0.1) is 0 Å². The second-order valence-corrected chi connectivity index (χ2v) is 8.13. The molecule has 1 aromatic carbocycles. The van der Waals surface area contributed by atoms with Gasteiger partial charge < -0.3 is 21.3 Å². The summed E-state index contributed by atoms with van der Waals surface area (Å²) in [5.41, 5.74) is 1.95. The van der Waals surface area contributed by atoms with Crippen LogP contribution in [0.25, 0.3) is 0 Å². The predicted molar refractivity (Wildman–Crippen MR) is 108 cm³/mol. The van der Waals surface area contributed by atoms with Crippen molar-refractivity contribution in [3.05, 3.63) is 29.8 Å². The van der Waals surface area contributed by atoms with Crippen molar-refractivity contribution in [2.45, 2.75) is 45.4 Å². The summed E-state index contributed by atoms with van der Waals surface area (Å²) in [5.74, 6) is 1.78. The largest absolute Gasteiger partial charge is 0.338 e. The number of hydrogen-bond acceptors (Lipinski definition) is 2. The Morgan fingerprint density at radius 1 is 0.815 bits per heavy atom. The average Bonchev–Trinajstić information content (AvgIpc) is 3.48. The molecule has 0 bridgehead atoms. The SMILES string of the molecule is Cc1cccc(NC(=O)NCC2CCC(CNC(=O)NCC3CC3)CC2)c1. The maximum absolute atomic E-state index is 12.0. The highest BCUT2D eigenvalue weighted by Gasteiger charge is 2.23. The van der Waals surface area contributed by atoms with Crippen LogP contribution < -0.4 is 21.3 Å². The van der Waals surface area contributed by atoms with E-state index in [-0.39, 0.29) is 12.1 Å². The van der Waals surface area contributed by atoms with E-state index in [1.54, 1.807) is 0 Å². The first-order valence-corrected chi connectivity index (χ1v) is 10.2. The van der Waals surface area contributed by atoms with Crippen LogP contribution in [0.15, 0.2) is 24.3 Å². The molecular formula is C21H32N4O2. The topological polar surface area (TPSA) is 82.3 Å². The van der Waals surface area contributed by atoms with E-state index in [0.29, 0.717) is 24.3 Å². The van der Waals surface area contributed by atoms with Crippen molar-refractivity contribution < 1.29 is 9.59 Å². The van der Waals surface area contributed by atoms with Crippen LogP contribution in [0, 0.1) is 24.7 Å². The molecule has 0 atom stereocenters. The van der Waals surface area contributed by atoms with Gasteiger partial charge >= 0.3 is 12.1 Å². The summed E-state index contributed by atoms with van der Waals surface area (Å²) in [7, 11) is 0. The van der Waals surface area contributed by atoms with E-state index in [0.717, 1.165) is 50.0 Å². The lowest BCUT2D eigenvalue weighted by Gasteiger charge is -2.28. The molecule has 6 nitrogen and oxygen atoms in total. The highest BCUT2D eigenvalue weighted by atomic mass is 16.2. The molecule has 0 aliphatic heterocycles. The van der Waals surface area contributed by atoms with Gasteiger partial charge in [0.15, 0.2) is 0 Å². The molecule has 148 valence electrons. The van der Waals surface area contributed by atoms with Gasteiger partial charge in [0, 0.05) is 25.3 Å². The van der Waals surface area contributed by atoms with Crippen molar-refractivity contribution in [2.75, 3.05) is 25.0 Å². The molecule has 0 saturated heterocycles. The number of carbonyl (C=O) groups is 2. The number of rotatable bonds is 7. The molecule has 2 aliphatic rings. The van der Waals surface area contributed by atoms with Gasteiger partial charge in [-0.3, -0.25) is 0 Å². The summed E-state index contributed by atoms with van der Waals surface area (Å²) in [6.07, 6.45) is 6.91. The van der Waals surface area contributed by atoms with E-state index in [2.05, 4.69) is 21.3 Å². The molecule has 27 heavy (non-hydrogen) atoms. The fraction of sp³-hybridized carbons (Fsp3) is 0.619. The molecule has 2 fully saturated rings. The minimum Gasteiger partial charge on any atom is -0.338 e. The Labute approximate surface area is 161 Å². The van der Waals surface area contributed by atoms with Gasteiger partial charge in [-0.05, 0) is 80.9 Å². The summed E-state index contributed by atoms with van der Waals surface area (Å²) < 4.78 is 0. The third-order valence-corrected chi connectivity index (χ3v) is 5.59. The van der Waals surface area contributed by atoms with E-state index in [1.807, 2.05) is 31.2 Å². The minimum atomic E-state index is -0.142. The van der Waals surface area contributed by atoms with Crippen LogP contribution >= 0.6 is 0 Å². The van der Waals surface area contributed by atoms with Gasteiger partial charge in [-0.15, -0.1) is 0 Å². The van der Waals surface area contributed by atoms with Crippen LogP contribution in [0.2, 0.25) is 0 Å². The van der Waals surface area contributed by atoms with Crippen molar-refractivity contribution in [3.63, 3.8) is 0 Å². The fourth-order valence-electron chi connectivity index (χ4n) is 3.63. The van der Waals surface area contributed by atoms with Crippen LogP contribution in [0.5, 0.6) is 0 Å². The van der Waals surface area contributed by atoms with E-state index in [1.165, 1.54) is 12.8 Å². The first-order chi connectivity index (χ1) is 13.1. The molecule has 1 aromatic rings. The number of urea groups is 2. The number of carbonyl (C=O) groups excluding carboxylic acids is 2. The van der Waals surface area contributed by atoms with Crippen molar-refractivity contribution in [3.8, 4) is 0 Å². The first kappa shape index (κ1) is 19.5. The zero-order valence-corrected chi connectivity index (χ0v) is 16.2. The second kappa shape index (κ2) is 9.62. The average molecular weight is 373 g/mol. The van der Waals surface area contributed by atoms with Gasteiger partial charge in [0.25, 0.3) is 0 Å². The Kier molecular flexibility index (Phi) is 6.96. The lowest BCUT2D eigenvalue weighted by Crippen LogP contribution is -2.40. The summed E-state index contributed by atoms with van der Waals surface area (Å²) >= 11 is 0. The van der Waals surface area contributed by atoms with Crippen molar-refractivity contribution in [1.29, 1.82) is 0 Å². The van der Waals surface area contributed by atoms with Crippen LogP contribution in [0.1, 0.15) is 44.1 Å². The molecule has 0 heterocycles. The zero-order valence-electron chi connectivity index (χ0n) is 16.2. The summed E-state index contributed by atoms with van der Waals surface area (Å²) in [6.45, 7) is 4.28. The Hall–Kier alpha value is -2.24. The number of hydrogen-bond donors (Lipinski definition) is 4. The molecule has 2 saturated carbocycles. The van der Waals surface area contributed by atoms with Crippen molar-refractivity contribution >= 4 is 17.7 Å². The molecular weight excluding hydrogens is 340 g/mol. The van der Waals surface area contributed by atoms with Crippen LogP contribution in [-0.4, -0.2) is 31.7 Å². The molecule has 4 amide bonds. The van der Waals surface area contributed by atoms with E-state index in [9.17, 15) is 9.59 Å². The van der Waals surface area contributed by atoms with Gasteiger partial charge in [-0.2, -0.15) is 0 Å². The Morgan fingerprint density at radius 2 is 1.30 bits per heavy atom. The summed E-state index contributed by atoms with van der Waals surface area (Å²) in [4.78, 5) is 23.8. The third-order valence-electron chi connectivity index (χ3n) is 5.59. The lowest BCUT2D eigenvalue weighted by atomic mass is 9.82. The standard InChI is InChI=1S/C21H32N4O2/c1-15-3-2-4-19(11-15)25-21(27)24-14-18-9-7-17(8-10-18)13-23-20(26)22-12-16-5-6-16/h2-4,11,16-18H,5-10,12-14H2,1H3,(H2,22,23,26)(H2,24,25,27). The van der Waals surface area contributed by atoms with E-state index in [4.69, 9.17) is 0 Å². The number of anilines is 1. The first-order valence-electron chi connectivity index (χ1n) is 10.2. The molecule has 4 N–H and O–H groups in total. The predicted octanol–water partition coefficient (Wildman–Crippen LogP) is 3.63. The van der Waals surface area contributed by atoms with E-state index < -0.39 is 0 Å². The Bertz CT molecular complexity index is 637. The molecule has 3 rings (SSSR count). The van der Waals surface area contributed by atoms with Crippen molar-refractivity contribution in [2.24, 2.45) is 17.8 Å². The summed E-state index contributed by atoms with van der Waals surface area (Å²) in [5, 5.41) is 11.8. The van der Waals surface area contributed by atoms with Gasteiger partial charge in [-0.1, -0.05) is 12.1 Å². The molecule has 0 spiro atoms. The maximum atomic E-state index is 12.0. The molecule has 6 heteroatoms. The van der Waals surface area contributed by atoms with Crippen LogP contribution in [-0.2, 0) is 0 Å². The number of nitrogens with one attached hydrogen (secondary N) is 4. The normalized spacial score (nSPS) is 22.0. The maximum Gasteiger partial charge on any atom is 0.319 e. The lowest BCUT2D eigenvalue weighted by molar-refractivity contribution is 0.227. The number of benzene rings is 1. The molecule has 0 unspecified atom stereocenters. The van der Waals surface area contributed by atoms with Crippen LogP contribution in [0.3, 0.4) is 0 Å². The monoisotopic (exact) mass is 372 g/mol. The molecule has 2 aliphatic carbocycles. The quantitative estimate of drug-likeness (QED) is 0.589. The zero-order chi connectivity index (χ0) is 19.1. The Balaban J connectivity index is 1.26. The van der Waals surface area contributed by atoms with Crippen LogP contribution in [0.4, 0.5) is 15.3 Å². The van der Waals surface area contributed by atoms with Gasteiger partial charge in [-0.25, -0.2) is 9.59 Å². The van der Waals surface area contributed by atoms with Crippen molar-refractivity contribution in [1.82, 2.24) is 16.0 Å². The summed E-state index contributed by atoms with van der Waals surface area (Å²) in [6, 6.07) is 7.62. The highest BCUT2D eigenvalue weighted by Crippen LogP contribution is 2.28. The smallest absolute Gasteiger partial charge is 0.319 e. The number of amides is 4. The van der Waals surface area contributed by atoms with Gasteiger partial charge in [0.1, 0.15) is 0 Å². The molecule has 0 aromatic heterocycles. The second-order valence-electron chi connectivity index (χ2n) is 8.13. The minimum absolute atomic E-state index is 0.0292. The highest BCUT2D eigenvalue weighted by molar-refractivity contribution is 5.89. The number of aryl methyl sites for hydroxylation is 1. The third kappa shape index (κ3) is 7.12. The van der Waals surface area contributed by atoms with Gasteiger partial charge in [0.2, 0.25) is 0 Å². The fourth-order valence-corrected chi connectivity index (χ4v) is 3.63.